The van der Waals surface area contributed by atoms with E-state index in [0.29, 0.717) is 21.3 Å². The molecule has 108 valence electrons. The normalized spacial score (nSPS) is 10.2. The van der Waals surface area contributed by atoms with E-state index in [4.69, 9.17) is 23.2 Å². The topological polar surface area (TPSA) is 46.2 Å². The Morgan fingerprint density at radius 1 is 0.905 bits per heavy atom. The zero-order chi connectivity index (χ0) is 15.2. The van der Waals surface area contributed by atoms with Gasteiger partial charge in [0.2, 0.25) is 5.91 Å². The Balaban J connectivity index is 1.91. The molecule has 0 saturated carbocycles. The van der Waals surface area contributed by atoms with E-state index < -0.39 is 0 Å². The highest BCUT2D eigenvalue weighted by Crippen LogP contribution is 2.29. The standard InChI is InChI=1S/C16H13Cl2NO2/c17-12-7-4-8-13(16(12)18)19-15(21)10-9-14(20)11-5-2-1-3-6-11/h1-8H,9-10H2,(H,19,21). The Labute approximate surface area is 132 Å². The second-order valence-electron chi connectivity index (χ2n) is 4.44. The number of benzene rings is 2. The van der Waals surface area contributed by atoms with E-state index in [9.17, 15) is 9.59 Å². The minimum Gasteiger partial charge on any atom is -0.325 e. The highest BCUT2D eigenvalue weighted by Gasteiger charge is 2.11. The molecule has 0 aliphatic carbocycles. The summed E-state index contributed by atoms with van der Waals surface area (Å²) in [5.74, 6) is -0.341. The molecule has 0 heterocycles. The van der Waals surface area contributed by atoms with Gasteiger partial charge in [-0.15, -0.1) is 0 Å². The summed E-state index contributed by atoms with van der Waals surface area (Å²) in [5, 5.41) is 3.31. The van der Waals surface area contributed by atoms with Crippen LogP contribution in [0.5, 0.6) is 0 Å². The van der Waals surface area contributed by atoms with Gasteiger partial charge in [0.15, 0.2) is 5.78 Å². The van der Waals surface area contributed by atoms with E-state index >= 15 is 0 Å². The number of halogens is 2. The third-order valence-electron chi connectivity index (χ3n) is 2.90. The number of hydrogen-bond acceptors (Lipinski definition) is 2. The molecule has 0 saturated heterocycles. The molecule has 2 rings (SSSR count). The first-order valence-electron chi connectivity index (χ1n) is 6.40. The summed E-state index contributed by atoms with van der Waals surface area (Å²) < 4.78 is 0. The van der Waals surface area contributed by atoms with E-state index in [-0.39, 0.29) is 24.5 Å². The maximum Gasteiger partial charge on any atom is 0.224 e. The summed E-state index contributed by atoms with van der Waals surface area (Å²) in [4.78, 5) is 23.7. The monoisotopic (exact) mass is 321 g/mol. The number of rotatable bonds is 5. The van der Waals surface area contributed by atoms with Gasteiger partial charge in [-0.1, -0.05) is 59.6 Å². The molecule has 0 spiro atoms. The van der Waals surface area contributed by atoms with E-state index in [1.807, 2.05) is 6.07 Å². The molecule has 0 unspecified atom stereocenters. The van der Waals surface area contributed by atoms with Gasteiger partial charge in [-0.2, -0.15) is 0 Å². The quantitative estimate of drug-likeness (QED) is 0.818. The van der Waals surface area contributed by atoms with E-state index in [0.717, 1.165) is 0 Å². The number of carbonyl (C=O) groups is 2. The summed E-state index contributed by atoms with van der Waals surface area (Å²) in [6, 6.07) is 13.9. The highest BCUT2D eigenvalue weighted by molar-refractivity contribution is 6.43. The van der Waals surface area contributed by atoms with Crippen molar-refractivity contribution in [2.75, 3.05) is 5.32 Å². The predicted molar refractivity (Wildman–Crippen MR) is 85.1 cm³/mol. The third kappa shape index (κ3) is 4.31. The molecule has 2 aromatic carbocycles. The molecule has 5 heteroatoms. The van der Waals surface area contributed by atoms with Crippen molar-refractivity contribution >= 4 is 40.6 Å². The number of ketones is 1. The lowest BCUT2D eigenvalue weighted by Gasteiger charge is -2.08. The van der Waals surface area contributed by atoms with E-state index in [1.54, 1.807) is 42.5 Å². The minimum atomic E-state index is -0.275. The van der Waals surface area contributed by atoms with Crippen LogP contribution in [-0.2, 0) is 4.79 Å². The van der Waals surface area contributed by atoms with Crippen LogP contribution < -0.4 is 5.32 Å². The first kappa shape index (κ1) is 15.5. The summed E-state index contributed by atoms with van der Waals surface area (Å²) in [6.45, 7) is 0. The molecule has 3 nitrogen and oxygen atoms in total. The van der Waals surface area contributed by atoms with Crippen molar-refractivity contribution in [2.45, 2.75) is 12.8 Å². The molecule has 0 atom stereocenters. The first-order chi connectivity index (χ1) is 10.1. The number of anilines is 1. The minimum absolute atomic E-state index is 0.0667. The van der Waals surface area contributed by atoms with Crippen molar-refractivity contribution in [3.63, 3.8) is 0 Å². The average molecular weight is 322 g/mol. The molecule has 0 bridgehead atoms. The second kappa shape index (κ2) is 7.25. The molecular formula is C16H13Cl2NO2. The first-order valence-corrected chi connectivity index (χ1v) is 7.15. The Morgan fingerprint density at radius 3 is 2.33 bits per heavy atom. The van der Waals surface area contributed by atoms with Gasteiger partial charge in [0.25, 0.3) is 0 Å². The maximum atomic E-state index is 11.9. The molecule has 0 aliphatic rings. The zero-order valence-electron chi connectivity index (χ0n) is 11.1. The molecule has 2 aromatic rings. The lowest BCUT2D eigenvalue weighted by Crippen LogP contribution is -2.13. The van der Waals surface area contributed by atoms with Gasteiger partial charge in [-0.25, -0.2) is 0 Å². The largest absolute Gasteiger partial charge is 0.325 e. The van der Waals surface area contributed by atoms with Crippen LogP contribution in [0, 0.1) is 0 Å². The van der Waals surface area contributed by atoms with Gasteiger partial charge in [-0.3, -0.25) is 9.59 Å². The number of hydrogen-bond donors (Lipinski definition) is 1. The highest BCUT2D eigenvalue weighted by atomic mass is 35.5. The van der Waals surface area contributed by atoms with E-state index in [1.165, 1.54) is 0 Å². The van der Waals surface area contributed by atoms with Gasteiger partial charge in [0.05, 0.1) is 15.7 Å². The number of carbonyl (C=O) groups excluding carboxylic acids is 2. The van der Waals surface area contributed by atoms with Crippen molar-refractivity contribution < 1.29 is 9.59 Å². The van der Waals surface area contributed by atoms with Crippen LogP contribution in [0.15, 0.2) is 48.5 Å². The molecule has 0 aromatic heterocycles. The van der Waals surface area contributed by atoms with Crippen LogP contribution in [0.1, 0.15) is 23.2 Å². The van der Waals surface area contributed by atoms with Crippen LogP contribution >= 0.6 is 23.2 Å². The van der Waals surface area contributed by atoms with Gasteiger partial charge < -0.3 is 5.32 Å². The lowest BCUT2D eigenvalue weighted by atomic mass is 10.1. The Morgan fingerprint density at radius 2 is 1.62 bits per heavy atom. The fourth-order valence-corrected chi connectivity index (χ4v) is 2.16. The van der Waals surface area contributed by atoms with Gasteiger partial charge >= 0.3 is 0 Å². The summed E-state index contributed by atoms with van der Waals surface area (Å²) in [7, 11) is 0. The molecule has 0 aliphatic heterocycles. The van der Waals surface area contributed by atoms with Crippen LogP contribution in [0.2, 0.25) is 10.0 Å². The smallest absolute Gasteiger partial charge is 0.224 e. The Bertz CT molecular complexity index is 657. The third-order valence-corrected chi connectivity index (χ3v) is 3.72. The van der Waals surface area contributed by atoms with Crippen LogP contribution in [-0.4, -0.2) is 11.7 Å². The predicted octanol–water partition coefficient (Wildman–Crippen LogP) is 4.60. The molecule has 1 amide bonds. The average Bonchev–Trinajstić information content (AvgIpc) is 2.50. The second-order valence-corrected chi connectivity index (χ2v) is 5.22. The van der Waals surface area contributed by atoms with Crippen molar-refractivity contribution in [1.82, 2.24) is 0 Å². The molecular weight excluding hydrogens is 309 g/mol. The van der Waals surface area contributed by atoms with Crippen molar-refractivity contribution in [3.8, 4) is 0 Å². The maximum absolute atomic E-state index is 11.9. The van der Waals surface area contributed by atoms with Gasteiger partial charge in [0, 0.05) is 18.4 Å². The number of Topliss-reactive ketones (excluding diaryl/α,β-unsaturated/α-hetero) is 1. The fourth-order valence-electron chi connectivity index (χ4n) is 1.81. The molecule has 21 heavy (non-hydrogen) atoms. The van der Waals surface area contributed by atoms with Crippen molar-refractivity contribution in [3.05, 3.63) is 64.1 Å². The SMILES string of the molecule is O=C(CCC(=O)c1ccccc1)Nc1cccc(Cl)c1Cl. The fraction of sp³-hybridized carbons (Fsp3) is 0.125. The lowest BCUT2D eigenvalue weighted by molar-refractivity contribution is -0.116. The van der Waals surface area contributed by atoms with Gasteiger partial charge in [-0.05, 0) is 12.1 Å². The molecule has 0 radical (unpaired) electrons. The molecule has 1 N–H and O–H groups in total. The zero-order valence-corrected chi connectivity index (χ0v) is 12.6. The number of nitrogens with one attached hydrogen (secondary N) is 1. The van der Waals surface area contributed by atoms with Crippen LogP contribution in [0.25, 0.3) is 0 Å². The Hall–Kier alpha value is -1.84. The summed E-state index contributed by atoms with van der Waals surface area (Å²) in [5.41, 5.74) is 1.05. The van der Waals surface area contributed by atoms with E-state index in [2.05, 4.69) is 5.32 Å². The van der Waals surface area contributed by atoms with Gasteiger partial charge in [0.1, 0.15) is 0 Å². The molecule has 0 fully saturated rings. The Kier molecular flexibility index (Phi) is 5.37. The van der Waals surface area contributed by atoms with Crippen LogP contribution in [0.3, 0.4) is 0 Å². The summed E-state index contributed by atoms with van der Waals surface area (Å²) in [6.07, 6.45) is 0.241. The summed E-state index contributed by atoms with van der Waals surface area (Å²) >= 11 is 11.8. The van der Waals surface area contributed by atoms with Crippen molar-refractivity contribution in [2.24, 2.45) is 0 Å². The van der Waals surface area contributed by atoms with Crippen molar-refractivity contribution in [1.29, 1.82) is 0 Å². The van der Waals surface area contributed by atoms with Crippen LogP contribution in [0.4, 0.5) is 5.69 Å². The number of amides is 1.